The molecule has 0 N–H and O–H groups in total. The number of aryl methyl sites for hydroxylation is 1. The van der Waals surface area contributed by atoms with Gasteiger partial charge in [0.1, 0.15) is 5.69 Å². The van der Waals surface area contributed by atoms with Crippen molar-refractivity contribution in [1.82, 2.24) is 9.97 Å². The van der Waals surface area contributed by atoms with E-state index in [1.54, 1.807) is 30.7 Å². The summed E-state index contributed by atoms with van der Waals surface area (Å²) < 4.78 is 5.27. The maximum Gasteiger partial charge on any atom is 0.276 e. The van der Waals surface area contributed by atoms with Gasteiger partial charge >= 0.3 is 0 Å². The van der Waals surface area contributed by atoms with Crippen molar-refractivity contribution in [2.45, 2.75) is 32.6 Å². The van der Waals surface area contributed by atoms with Crippen LogP contribution in [-0.4, -0.2) is 35.3 Å². The topological polar surface area (TPSA) is 72.4 Å². The summed E-state index contributed by atoms with van der Waals surface area (Å²) in [6, 6.07) is 17.5. The van der Waals surface area contributed by atoms with Crippen LogP contribution in [0.5, 0.6) is 5.88 Å². The van der Waals surface area contributed by atoms with Gasteiger partial charge in [-0.05, 0) is 68.0 Å². The highest BCUT2D eigenvalue weighted by molar-refractivity contribution is 7.17. The van der Waals surface area contributed by atoms with Gasteiger partial charge in [-0.1, -0.05) is 24.3 Å². The van der Waals surface area contributed by atoms with Crippen LogP contribution < -0.4 is 9.64 Å². The molecule has 186 valence electrons. The van der Waals surface area contributed by atoms with Crippen molar-refractivity contribution in [2.75, 3.05) is 18.6 Å². The largest absolute Gasteiger partial charge is 0.481 e. The number of carbonyl (C=O) groups excluding carboxylic acids is 2. The van der Waals surface area contributed by atoms with Gasteiger partial charge in [-0.25, -0.2) is 9.97 Å². The first-order valence-electron chi connectivity index (χ1n) is 12.6. The SMILES string of the molecule is COc1ncc(-c2cccc(C(=O)N3CCc4cc(C(=O)CC5CC5)sc4-c4ccccc43)n2)cc1C. The van der Waals surface area contributed by atoms with E-state index in [0.29, 0.717) is 42.6 Å². The summed E-state index contributed by atoms with van der Waals surface area (Å²) >= 11 is 1.56. The monoisotopic (exact) mass is 509 g/mol. The molecule has 1 saturated carbocycles. The van der Waals surface area contributed by atoms with Crippen LogP contribution in [0.1, 0.15) is 50.5 Å². The second kappa shape index (κ2) is 9.56. The highest BCUT2D eigenvalue weighted by Crippen LogP contribution is 2.43. The smallest absolute Gasteiger partial charge is 0.276 e. The number of hydrogen-bond donors (Lipinski definition) is 0. The minimum absolute atomic E-state index is 0.146. The van der Waals surface area contributed by atoms with Crippen LogP contribution in [0.3, 0.4) is 0 Å². The summed E-state index contributed by atoms with van der Waals surface area (Å²) in [6.45, 7) is 2.45. The standard InChI is InChI=1S/C30H27N3O3S/c1-18-14-21(17-31-29(18)36-2)23-7-5-8-24(32-23)30(35)33-13-12-20-16-27(26(34)15-19-10-11-19)37-28(20)22-6-3-4-9-25(22)33/h3-9,14,16-17,19H,10-13,15H2,1-2H3. The van der Waals surface area contributed by atoms with Crippen LogP contribution in [0.15, 0.2) is 60.8 Å². The Morgan fingerprint density at radius 3 is 2.73 bits per heavy atom. The minimum atomic E-state index is -0.146. The van der Waals surface area contributed by atoms with Crippen LogP contribution in [0.4, 0.5) is 5.69 Å². The lowest BCUT2D eigenvalue weighted by atomic mass is 10.1. The van der Waals surface area contributed by atoms with Gasteiger partial charge < -0.3 is 9.64 Å². The molecule has 2 aliphatic rings. The highest BCUT2D eigenvalue weighted by atomic mass is 32.1. The molecule has 0 bridgehead atoms. The molecule has 3 aromatic heterocycles. The Bertz CT molecular complexity index is 1520. The molecule has 4 heterocycles. The summed E-state index contributed by atoms with van der Waals surface area (Å²) in [5.41, 5.74) is 5.77. The predicted molar refractivity (Wildman–Crippen MR) is 146 cm³/mol. The first-order valence-corrected chi connectivity index (χ1v) is 13.4. The molecule has 6 rings (SSSR count). The van der Waals surface area contributed by atoms with Gasteiger partial charge in [-0.3, -0.25) is 9.59 Å². The summed E-state index contributed by atoms with van der Waals surface area (Å²) in [5, 5.41) is 0. The van der Waals surface area contributed by atoms with Crippen LogP contribution in [0.2, 0.25) is 0 Å². The number of aromatic nitrogens is 2. The third-order valence-electron chi connectivity index (χ3n) is 7.03. The molecule has 7 heteroatoms. The van der Waals surface area contributed by atoms with Crippen molar-refractivity contribution in [3.05, 3.63) is 82.5 Å². The number of carbonyl (C=O) groups is 2. The maximum atomic E-state index is 13.8. The number of thiophene rings is 1. The van der Waals surface area contributed by atoms with Gasteiger partial charge in [-0.2, -0.15) is 0 Å². The Morgan fingerprint density at radius 1 is 1.11 bits per heavy atom. The molecule has 0 atom stereocenters. The molecule has 1 aliphatic carbocycles. The minimum Gasteiger partial charge on any atom is -0.481 e. The lowest BCUT2D eigenvalue weighted by Crippen LogP contribution is -2.33. The zero-order valence-electron chi connectivity index (χ0n) is 20.9. The van der Waals surface area contributed by atoms with Crippen molar-refractivity contribution < 1.29 is 14.3 Å². The van der Waals surface area contributed by atoms with Crippen molar-refractivity contribution in [3.63, 3.8) is 0 Å². The second-order valence-electron chi connectivity index (χ2n) is 9.72. The zero-order chi connectivity index (χ0) is 25.5. The van der Waals surface area contributed by atoms with Gasteiger partial charge in [0.15, 0.2) is 5.78 Å². The molecule has 0 radical (unpaired) electrons. The lowest BCUT2D eigenvalue weighted by Gasteiger charge is -2.23. The normalized spacial score (nSPS) is 14.5. The molecular weight excluding hydrogens is 482 g/mol. The molecule has 37 heavy (non-hydrogen) atoms. The average molecular weight is 510 g/mol. The van der Waals surface area contributed by atoms with E-state index >= 15 is 0 Å². The number of fused-ring (bicyclic) bond motifs is 3. The van der Waals surface area contributed by atoms with E-state index in [9.17, 15) is 9.59 Å². The fraction of sp³-hybridized carbons (Fsp3) is 0.267. The Kier molecular flexibility index (Phi) is 6.08. The molecule has 0 spiro atoms. The summed E-state index contributed by atoms with van der Waals surface area (Å²) in [7, 11) is 1.59. The Hall–Kier alpha value is -3.84. The van der Waals surface area contributed by atoms with Crippen LogP contribution in [0, 0.1) is 12.8 Å². The third kappa shape index (κ3) is 4.55. The molecule has 1 fully saturated rings. The first kappa shape index (κ1) is 23.6. The van der Waals surface area contributed by atoms with Crippen molar-refractivity contribution in [1.29, 1.82) is 0 Å². The van der Waals surface area contributed by atoms with E-state index in [4.69, 9.17) is 9.72 Å². The second-order valence-corrected chi connectivity index (χ2v) is 10.8. The Labute approximate surface area is 220 Å². The summed E-state index contributed by atoms with van der Waals surface area (Å²) in [4.78, 5) is 39.4. The van der Waals surface area contributed by atoms with Crippen molar-refractivity contribution in [2.24, 2.45) is 5.92 Å². The zero-order valence-corrected chi connectivity index (χ0v) is 21.7. The van der Waals surface area contributed by atoms with Gasteiger partial charge in [0.25, 0.3) is 5.91 Å². The summed E-state index contributed by atoms with van der Waals surface area (Å²) in [5.74, 6) is 1.24. The molecular formula is C30H27N3O3S. The van der Waals surface area contributed by atoms with E-state index in [-0.39, 0.29) is 11.7 Å². The molecule has 1 aromatic carbocycles. The number of benzene rings is 1. The fourth-order valence-corrected chi connectivity index (χ4v) is 6.09. The predicted octanol–water partition coefficient (Wildman–Crippen LogP) is 6.37. The summed E-state index contributed by atoms with van der Waals surface area (Å²) in [6.07, 6.45) is 5.38. The maximum absolute atomic E-state index is 13.8. The number of ether oxygens (including phenoxy) is 1. The molecule has 0 unspecified atom stereocenters. The quantitative estimate of drug-likeness (QED) is 0.282. The van der Waals surface area contributed by atoms with E-state index in [0.717, 1.165) is 37.7 Å². The molecule has 0 saturated heterocycles. The van der Waals surface area contributed by atoms with Crippen molar-refractivity contribution in [3.8, 4) is 27.6 Å². The van der Waals surface area contributed by atoms with Crippen LogP contribution in [0.25, 0.3) is 21.7 Å². The number of nitrogens with zero attached hydrogens (tertiary/aromatic N) is 3. The number of methoxy groups -OCH3 is 1. The van der Waals surface area contributed by atoms with Gasteiger partial charge in [0, 0.05) is 40.7 Å². The van der Waals surface area contributed by atoms with E-state index in [1.165, 1.54) is 12.8 Å². The van der Waals surface area contributed by atoms with Gasteiger partial charge in [-0.15, -0.1) is 11.3 Å². The Morgan fingerprint density at radius 2 is 1.95 bits per heavy atom. The molecule has 4 aromatic rings. The van der Waals surface area contributed by atoms with Crippen LogP contribution in [-0.2, 0) is 6.42 Å². The number of anilines is 1. The molecule has 1 aliphatic heterocycles. The van der Waals surface area contributed by atoms with Gasteiger partial charge in [0.2, 0.25) is 5.88 Å². The van der Waals surface area contributed by atoms with Crippen LogP contribution >= 0.6 is 11.3 Å². The van der Waals surface area contributed by atoms with Gasteiger partial charge in [0.05, 0.1) is 23.4 Å². The number of Topliss-reactive ketones (excluding diaryl/α,β-unsaturated/α-hetero) is 1. The van der Waals surface area contributed by atoms with E-state index < -0.39 is 0 Å². The molecule has 6 nitrogen and oxygen atoms in total. The first-order chi connectivity index (χ1) is 18.0. The average Bonchev–Trinajstić information content (AvgIpc) is 3.67. The molecule has 1 amide bonds. The van der Waals surface area contributed by atoms with E-state index in [2.05, 4.69) is 4.98 Å². The number of rotatable bonds is 6. The lowest BCUT2D eigenvalue weighted by molar-refractivity contribution is 0.0972. The number of ketones is 1. The fourth-order valence-electron chi connectivity index (χ4n) is 4.90. The van der Waals surface area contributed by atoms with Crippen molar-refractivity contribution >= 4 is 28.7 Å². The number of pyridine rings is 2. The third-order valence-corrected chi connectivity index (χ3v) is 8.28. The highest BCUT2D eigenvalue weighted by Gasteiger charge is 2.30. The van der Waals surface area contributed by atoms with E-state index in [1.807, 2.05) is 60.4 Å². The number of hydrogen-bond acceptors (Lipinski definition) is 6. The number of para-hydroxylation sites is 1. The Balaban J connectivity index is 1.32. The number of amides is 1.